The first kappa shape index (κ1) is 8.74. The third-order valence-electron chi connectivity index (χ3n) is 2.10. The van der Waals surface area contributed by atoms with Crippen LogP contribution in [0.4, 0.5) is 5.82 Å². The Morgan fingerprint density at radius 1 is 1.57 bits per heavy atom. The van der Waals surface area contributed by atoms with E-state index in [0.717, 1.165) is 0 Å². The third-order valence-corrected chi connectivity index (χ3v) is 2.10. The minimum absolute atomic E-state index is 0.0624. The minimum Gasteiger partial charge on any atom is -0.383 e. The zero-order valence-electron chi connectivity index (χ0n) is 7.98. The predicted molar refractivity (Wildman–Crippen MR) is 52.1 cm³/mol. The van der Waals surface area contributed by atoms with Crippen LogP contribution in [0.15, 0.2) is 11.1 Å². The molecule has 0 saturated carbocycles. The summed E-state index contributed by atoms with van der Waals surface area (Å²) in [5.74, 6) is 0.792. The number of nitrogens with one attached hydrogen (secondary N) is 1. The molecule has 0 atom stereocenters. The lowest BCUT2D eigenvalue weighted by molar-refractivity contribution is 0.815. The van der Waals surface area contributed by atoms with Crippen LogP contribution in [0, 0.1) is 0 Å². The Labute approximate surface area is 79.8 Å². The van der Waals surface area contributed by atoms with Crippen molar-refractivity contribution in [1.82, 2.24) is 19.6 Å². The van der Waals surface area contributed by atoms with Crippen LogP contribution in [0.3, 0.4) is 0 Å². The number of aromatic amines is 1. The van der Waals surface area contributed by atoms with Crippen molar-refractivity contribution >= 4 is 11.6 Å². The molecular formula is C8H11N5O. The van der Waals surface area contributed by atoms with Crippen LogP contribution in [-0.2, 0) is 0 Å². The molecule has 2 aromatic heterocycles. The number of hydrogen-bond acceptors (Lipinski definition) is 4. The molecule has 0 saturated heterocycles. The van der Waals surface area contributed by atoms with Crippen molar-refractivity contribution < 1.29 is 0 Å². The summed E-state index contributed by atoms with van der Waals surface area (Å²) in [4.78, 5) is 18.0. The van der Waals surface area contributed by atoms with E-state index in [1.165, 1.54) is 10.8 Å². The van der Waals surface area contributed by atoms with E-state index in [4.69, 9.17) is 5.73 Å². The molecule has 0 radical (unpaired) electrons. The summed E-state index contributed by atoms with van der Waals surface area (Å²) in [6.45, 7) is 3.81. The first-order valence-electron chi connectivity index (χ1n) is 4.32. The Hall–Kier alpha value is -1.85. The number of nitrogen functional groups attached to an aromatic ring is 1. The van der Waals surface area contributed by atoms with Crippen molar-refractivity contribution in [3.05, 3.63) is 22.2 Å². The molecule has 0 spiro atoms. The maximum absolute atomic E-state index is 11.6. The number of anilines is 1. The Morgan fingerprint density at radius 3 is 2.93 bits per heavy atom. The van der Waals surface area contributed by atoms with Gasteiger partial charge in [0.15, 0.2) is 0 Å². The van der Waals surface area contributed by atoms with Crippen LogP contribution in [-0.4, -0.2) is 19.6 Å². The average molecular weight is 193 g/mol. The van der Waals surface area contributed by atoms with Crippen LogP contribution in [0.25, 0.3) is 5.78 Å². The van der Waals surface area contributed by atoms with E-state index < -0.39 is 0 Å². The van der Waals surface area contributed by atoms with Gasteiger partial charge < -0.3 is 5.73 Å². The molecule has 2 aromatic rings. The Kier molecular flexibility index (Phi) is 1.77. The summed E-state index contributed by atoms with van der Waals surface area (Å²) in [5, 5.41) is 3.91. The lowest BCUT2D eigenvalue weighted by Crippen LogP contribution is -2.20. The number of nitrogens with zero attached hydrogens (tertiary/aromatic N) is 3. The smallest absolute Gasteiger partial charge is 0.257 e. The second-order valence-electron chi connectivity index (χ2n) is 3.40. The predicted octanol–water partition coefficient (Wildman–Crippen LogP) is 0.123. The van der Waals surface area contributed by atoms with Gasteiger partial charge in [0.2, 0.25) is 5.78 Å². The van der Waals surface area contributed by atoms with E-state index in [1.807, 2.05) is 13.8 Å². The maximum Gasteiger partial charge on any atom is 0.257 e. The van der Waals surface area contributed by atoms with E-state index in [1.54, 1.807) is 0 Å². The highest BCUT2D eigenvalue weighted by molar-refractivity contribution is 5.46. The summed E-state index contributed by atoms with van der Waals surface area (Å²) in [6.07, 6.45) is 1.35. The number of hydrogen-bond donors (Lipinski definition) is 2. The van der Waals surface area contributed by atoms with Crippen molar-refractivity contribution in [2.45, 2.75) is 19.8 Å². The highest BCUT2D eigenvalue weighted by Crippen LogP contribution is 2.16. The zero-order valence-corrected chi connectivity index (χ0v) is 7.98. The second kappa shape index (κ2) is 2.83. The van der Waals surface area contributed by atoms with Crippen LogP contribution < -0.4 is 11.3 Å². The van der Waals surface area contributed by atoms with Crippen molar-refractivity contribution in [3.63, 3.8) is 0 Å². The topological polar surface area (TPSA) is 89.1 Å². The van der Waals surface area contributed by atoms with E-state index >= 15 is 0 Å². The lowest BCUT2D eigenvalue weighted by Gasteiger charge is -2.07. The monoisotopic (exact) mass is 193 g/mol. The van der Waals surface area contributed by atoms with E-state index in [0.29, 0.717) is 17.2 Å². The molecule has 6 heteroatoms. The van der Waals surface area contributed by atoms with E-state index in [9.17, 15) is 4.79 Å². The summed E-state index contributed by atoms with van der Waals surface area (Å²) < 4.78 is 1.43. The van der Waals surface area contributed by atoms with Crippen LogP contribution >= 0.6 is 0 Å². The van der Waals surface area contributed by atoms with Gasteiger partial charge in [-0.3, -0.25) is 9.78 Å². The second-order valence-corrected chi connectivity index (χ2v) is 3.40. The molecule has 0 amide bonds. The fourth-order valence-corrected chi connectivity index (χ4v) is 1.46. The van der Waals surface area contributed by atoms with Gasteiger partial charge in [-0.15, -0.1) is 0 Å². The van der Waals surface area contributed by atoms with Gasteiger partial charge in [-0.05, 0) is 5.92 Å². The average Bonchev–Trinajstić information content (AvgIpc) is 2.50. The van der Waals surface area contributed by atoms with Gasteiger partial charge in [-0.1, -0.05) is 13.8 Å². The largest absolute Gasteiger partial charge is 0.383 e. The molecule has 14 heavy (non-hydrogen) atoms. The quantitative estimate of drug-likeness (QED) is 0.673. The highest BCUT2D eigenvalue weighted by Gasteiger charge is 2.13. The highest BCUT2D eigenvalue weighted by atomic mass is 16.1. The minimum atomic E-state index is -0.196. The third kappa shape index (κ3) is 1.07. The van der Waals surface area contributed by atoms with Crippen molar-refractivity contribution in [2.24, 2.45) is 0 Å². The number of rotatable bonds is 1. The lowest BCUT2D eigenvalue weighted by atomic mass is 10.1. The Balaban J connectivity index is 2.89. The first-order valence-corrected chi connectivity index (χ1v) is 4.32. The van der Waals surface area contributed by atoms with Gasteiger partial charge in [-0.2, -0.15) is 14.6 Å². The van der Waals surface area contributed by atoms with Gasteiger partial charge >= 0.3 is 0 Å². The van der Waals surface area contributed by atoms with Crippen LogP contribution in [0.5, 0.6) is 0 Å². The Bertz CT molecular complexity index is 524. The molecule has 0 bridgehead atoms. The standard InChI is InChI=1S/C8H11N5O/c1-4(2)5-6(9)13-8(10-3-11-13)12-7(5)14/h3-4H,9H2,1-2H3,(H,10,11,12,14). The van der Waals surface area contributed by atoms with E-state index in [-0.39, 0.29) is 11.5 Å². The molecule has 2 rings (SSSR count). The van der Waals surface area contributed by atoms with E-state index in [2.05, 4.69) is 15.1 Å². The molecule has 0 unspecified atom stereocenters. The SMILES string of the molecule is CC(C)c1c(N)n2ncnc2[nH]c1=O. The number of nitrogens with two attached hydrogens (primary N) is 1. The normalized spacial score (nSPS) is 11.4. The number of H-pyrrole nitrogens is 1. The zero-order chi connectivity index (χ0) is 10.3. The number of aromatic nitrogens is 4. The molecule has 3 N–H and O–H groups in total. The molecular weight excluding hydrogens is 182 g/mol. The molecule has 2 heterocycles. The van der Waals surface area contributed by atoms with Crippen LogP contribution in [0.2, 0.25) is 0 Å². The van der Waals surface area contributed by atoms with Gasteiger partial charge in [0, 0.05) is 0 Å². The van der Waals surface area contributed by atoms with Gasteiger partial charge in [0.1, 0.15) is 12.1 Å². The molecule has 0 fully saturated rings. The fraction of sp³-hybridized carbons (Fsp3) is 0.375. The fourth-order valence-electron chi connectivity index (χ4n) is 1.46. The van der Waals surface area contributed by atoms with Gasteiger partial charge in [0.05, 0.1) is 5.56 Å². The van der Waals surface area contributed by atoms with Gasteiger partial charge in [-0.25, -0.2) is 0 Å². The molecule has 74 valence electrons. The molecule has 0 aliphatic rings. The molecule has 6 nitrogen and oxygen atoms in total. The summed E-state index contributed by atoms with van der Waals surface area (Å²) in [7, 11) is 0. The van der Waals surface area contributed by atoms with Crippen molar-refractivity contribution in [3.8, 4) is 0 Å². The number of fused-ring (bicyclic) bond motifs is 1. The maximum atomic E-state index is 11.6. The van der Waals surface area contributed by atoms with Crippen molar-refractivity contribution in [2.75, 3.05) is 5.73 Å². The van der Waals surface area contributed by atoms with Gasteiger partial charge in [0.25, 0.3) is 5.56 Å². The molecule has 0 aliphatic heterocycles. The first-order chi connectivity index (χ1) is 6.61. The summed E-state index contributed by atoms with van der Waals surface area (Å²) in [5.41, 5.74) is 6.15. The summed E-state index contributed by atoms with van der Waals surface area (Å²) >= 11 is 0. The summed E-state index contributed by atoms with van der Waals surface area (Å²) in [6, 6.07) is 0. The molecule has 0 aliphatic carbocycles. The Morgan fingerprint density at radius 2 is 2.29 bits per heavy atom. The van der Waals surface area contributed by atoms with Crippen molar-refractivity contribution in [1.29, 1.82) is 0 Å². The molecule has 0 aromatic carbocycles. The van der Waals surface area contributed by atoms with Crippen LogP contribution in [0.1, 0.15) is 25.3 Å².